The summed E-state index contributed by atoms with van der Waals surface area (Å²) >= 11 is 0. The van der Waals surface area contributed by atoms with Crippen LogP contribution in [0.1, 0.15) is 19.4 Å². The maximum Gasteiger partial charge on any atom is 0.328 e. The highest BCUT2D eigenvalue weighted by atomic mass is 16.7. The molecular weight excluding hydrogens is 274 g/mol. The summed E-state index contributed by atoms with van der Waals surface area (Å²) in [5.74, 6) is 0.514. The Hall–Kier alpha value is -2.50. The summed E-state index contributed by atoms with van der Waals surface area (Å²) in [6.45, 7) is 3.78. The van der Waals surface area contributed by atoms with Crippen LogP contribution in [0.2, 0.25) is 0 Å². The van der Waals surface area contributed by atoms with Gasteiger partial charge in [-0.15, -0.1) is 0 Å². The maximum absolute atomic E-state index is 11.7. The number of carbonyl (C=O) groups excluding carboxylic acids is 2. The van der Waals surface area contributed by atoms with Crippen molar-refractivity contribution in [1.29, 1.82) is 0 Å². The first-order valence-corrected chi connectivity index (χ1v) is 6.65. The lowest BCUT2D eigenvalue weighted by Gasteiger charge is -2.10. The molecule has 0 aromatic heterocycles. The molecule has 1 aromatic carbocycles. The van der Waals surface area contributed by atoms with Gasteiger partial charge in [0.25, 0.3) is 0 Å². The van der Waals surface area contributed by atoms with Crippen LogP contribution in [0, 0.1) is 0 Å². The molecular formula is C15H17NO5. The minimum atomic E-state index is -0.682. The van der Waals surface area contributed by atoms with E-state index in [-0.39, 0.29) is 19.3 Å². The van der Waals surface area contributed by atoms with Crippen LogP contribution >= 0.6 is 0 Å². The molecule has 0 saturated carbocycles. The van der Waals surface area contributed by atoms with Gasteiger partial charge in [0.2, 0.25) is 12.7 Å². The van der Waals surface area contributed by atoms with E-state index in [4.69, 9.17) is 14.2 Å². The van der Waals surface area contributed by atoms with E-state index in [1.54, 1.807) is 32.1 Å². The summed E-state index contributed by atoms with van der Waals surface area (Å²) in [6.07, 6.45) is 2.99. The molecule has 1 N–H and O–H groups in total. The highest BCUT2D eigenvalue weighted by Crippen LogP contribution is 2.32. The third-order valence-corrected chi connectivity index (χ3v) is 2.82. The predicted molar refractivity (Wildman–Crippen MR) is 75.8 cm³/mol. The second kappa shape index (κ2) is 6.78. The zero-order valence-corrected chi connectivity index (χ0v) is 11.9. The van der Waals surface area contributed by atoms with E-state index in [2.05, 4.69) is 5.32 Å². The van der Waals surface area contributed by atoms with Gasteiger partial charge >= 0.3 is 5.97 Å². The van der Waals surface area contributed by atoms with Crippen LogP contribution in [-0.4, -0.2) is 31.3 Å². The summed E-state index contributed by atoms with van der Waals surface area (Å²) < 4.78 is 15.3. The third-order valence-electron chi connectivity index (χ3n) is 2.82. The molecule has 0 bridgehead atoms. The molecule has 1 aromatic rings. The van der Waals surface area contributed by atoms with E-state index < -0.39 is 12.0 Å². The molecule has 1 atom stereocenters. The van der Waals surface area contributed by atoms with E-state index in [1.807, 2.05) is 6.07 Å². The fraction of sp³-hybridized carbons (Fsp3) is 0.333. The van der Waals surface area contributed by atoms with E-state index in [9.17, 15) is 9.59 Å². The van der Waals surface area contributed by atoms with E-state index >= 15 is 0 Å². The number of amides is 1. The van der Waals surface area contributed by atoms with Crippen LogP contribution in [-0.2, 0) is 14.3 Å². The second-order valence-electron chi connectivity index (χ2n) is 4.43. The predicted octanol–water partition coefficient (Wildman–Crippen LogP) is 1.50. The van der Waals surface area contributed by atoms with Crippen LogP contribution in [0.3, 0.4) is 0 Å². The highest BCUT2D eigenvalue weighted by molar-refractivity contribution is 5.94. The van der Waals surface area contributed by atoms with E-state index in [0.29, 0.717) is 11.5 Å². The molecule has 1 heterocycles. The molecule has 0 radical (unpaired) electrons. The van der Waals surface area contributed by atoms with Crippen LogP contribution in [0.5, 0.6) is 11.5 Å². The Morgan fingerprint density at radius 2 is 2.14 bits per heavy atom. The fourth-order valence-electron chi connectivity index (χ4n) is 1.78. The van der Waals surface area contributed by atoms with Crippen molar-refractivity contribution in [1.82, 2.24) is 5.32 Å². The largest absolute Gasteiger partial charge is 0.464 e. The van der Waals surface area contributed by atoms with Gasteiger partial charge in [-0.05, 0) is 37.6 Å². The average molecular weight is 291 g/mol. The number of esters is 1. The molecule has 0 fully saturated rings. The van der Waals surface area contributed by atoms with Crippen molar-refractivity contribution >= 4 is 18.0 Å². The lowest BCUT2D eigenvalue weighted by molar-refractivity contribution is -0.146. The minimum absolute atomic E-state index is 0.208. The zero-order chi connectivity index (χ0) is 15.2. The monoisotopic (exact) mass is 291 g/mol. The fourth-order valence-corrected chi connectivity index (χ4v) is 1.78. The number of ether oxygens (including phenoxy) is 3. The van der Waals surface area contributed by atoms with Crippen molar-refractivity contribution in [2.75, 3.05) is 13.4 Å². The zero-order valence-electron chi connectivity index (χ0n) is 11.9. The molecule has 6 heteroatoms. The van der Waals surface area contributed by atoms with Gasteiger partial charge < -0.3 is 19.5 Å². The Balaban J connectivity index is 1.91. The highest BCUT2D eigenvalue weighted by Gasteiger charge is 2.15. The van der Waals surface area contributed by atoms with Gasteiger partial charge in [-0.1, -0.05) is 6.07 Å². The Bertz CT molecular complexity index is 567. The van der Waals surface area contributed by atoms with Gasteiger partial charge in [0.05, 0.1) is 6.61 Å². The molecule has 21 heavy (non-hydrogen) atoms. The van der Waals surface area contributed by atoms with Gasteiger partial charge in [0.1, 0.15) is 6.04 Å². The van der Waals surface area contributed by atoms with Crippen molar-refractivity contribution in [3.8, 4) is 11.5 Å². The van der Waals surface area contributed by atoms with Crippen LogP contribution in [0.25, 0.3) is 6.08 Å². The Kier molecular flexibility index (Phi) is 4.81. The van der Waals surface area contributed by atoms with Crippen LogP contribution in [0.4, 0.5) is 0 Å². The number of benzene rings is 1. The van der Waals surface area contributed by atoms with Crippen molar-refractivity contribution in [2.24, 2.45) is 0 Å². The first-order valence-electron chi connectivity index (χ1n) is 6.65. The van der Waals surface area contributed by atoms with Crippen LogP contribution in [0.15, 0.2) is 24.3 Å². The van der Waals surface area contributed by atoms with Gasteiger partial charge in [0, 0.05) is 6.08 Å². The number of fused-ring (bicyclic) bond motifs is 1. The minimum Gasteiger partial charge on any atom is -0.464 e. The van der Waals surface area contributed by atoms with Gasteiger partial charge in [0.15, 0.2) is 11.5 Å². The molecule has 112 valence electrons. The van der Waals surface area contributed by atoms with Crippen LogP contribution < -0.4 is 14.8 Å². The lowest BCUT2D eigenvalue weighted by Crippen LogP contribution is -2.38. The third kappa shape index (κ3) is 3.98. The SMILES string of the molecule is CCOC(=O)C(C)NC(=O)/C=C/c1ccc2c(c1)OCO2. The van der Waals surface area contributed by atoms with E-state index in [1.165, 1.54) is 6.08 Å². The quantitative estimate of drug-likeness (QED) is 0.657. The van der Waals surface area contributed by atoms with Crippen molar-refractivity contribution in [3.05, 3.63) is 29.8 Å². The summed E-state index contributed by atoms with van der Waals surface area (Å²) in [7, 11) is 0. The standard InChI is InChI=1S/C15H17NO5/c1-3-19-15(18)10(2)16-14(17)7-5-11-4-6-12-13(8-11)21-9-20-12/h4-8,10H,3,9H2,1-2H3,(H,16,17)/b7-5+. The average Bonchev–Trinajstić information content (AvgIpc) is 2.92. The van der Waals surface area contributed by atoms with Crippen molar-refractivity contribution < 1.29 is 23.8 Å². The molecule has 0 spiro atoms. The Labute approximate surface area is 122 Å². The first kappa shape index (κ1) is 14.9. The number of carbonyl (C=O) groups is 2. The molecule has 0 saturated heterocycles. The number of hydrogen-bond acceptors (Lipinski definition) is 5. The smallest absolute Gasteiger partial charge is 0.328 e. The molecule has 0 aliphatic carbocycles. The topological polar surface area (TPSA) is 73.9 Å². The Morgan fingerprint density at radius 3 is 2.90 bits per heavy atom. The first-order chi connectivity index (χ1) is 10.1. The van der Waals surface area contributed by atoms with Gasteiger partial charge in [-0.3, -0.25) is 4.79 Å². The number of nitrogens with one attached hydrogen (secondary N) is 1. The molecule has 1 unspecified atom stereocenters. The summed E-state index contributed by atoms with van der Waals surface area (Å²) in [5, 5.41) is 2.53. The normalized spacial score (nSPS) is 14.0. The molecule has 6 nitrogen and oxygen atoms in total. The van der Waals surface area contributed by atoms with Gasteiger partial charge in [-0.25, -0.2) is 4.79 Å². The Morgan fingerprint density at radius 1 is 1.38 bits per heavy atom. The van der Waals surface area contributed by atoms with Crippen molar-refractivity contribution in [3.63, 3.8) is 0 Å². The summed E-state index contributed by atoms with van der Waals surface area (Å²) in [6, 6.07) is 4.69. The summed E-state index contributed by atoms with van der Waals surface area (Å²) in [4.78, 5) is 23.1. The second-order valence-corrected chi connectivity index (χ2v) is 4.43. The molecule has 1 aliphatic rings. The molecule has 2 rings (SSSR count). The molecule has 1 amide bonds. The van der Waals surface area contributed by atoms with E-state index in [0.717, 1.165) is 5.56 Å². The lowest BCUT2D eigenvalue weighted by atomic mass is 10.2. The van der Waals surface area contributed by atoms with Gasteiger partial charge in [-0.2, -0.15) is 0 Å². The molecule has 1 aliphatic heterocycles. The summed E-state index contributed by atoms with van der Waals surface area (Å²) in [5.41, 5.74) is 0.804. The number of rotatable bonds is 5. The maximum atomic E-state index is 11.7. The van der Waals surface area contributed by atoms with Crippen molar-refractivity contribution in [2.45, 2.75) is 19.9 Å². The number of hydrogen-bond donors (Lipinski definition) is 1.